The maximum Gasteiger partial charge on any atom is 0.326 e. The average Bonchev–Trinajstić information content (AvgIpc) is 3.43. The summed E-state index contributed by atoms with van der Waals surface area (Å²) in [6.45, 7) is 1.85. The summed E-state index contributed by atoms with van der Waals surface area (Å²) in [6.07, 6.45) is 8.78. The summed E-state index contributed by atoms with van der Waals surface area (Å²) in [5, 5.41) is 18.3. The maximum atomic E-state index is 12.1. The summed E-state index contributed by atoms with van der Waals surface area (Å²) >= 11 is 0. The zero-order chi connectivity index (χ0) is 24.6. The van der Waals surface area contributed by atoms with Crippen LogP contribution in [-0.2, 0) is 10.0 Å². The van der Waals surface area contributed by atoms with Crippen molar-refractivity contribution < 1.29 is 13.5 Å². The van der Waals surface area contributed by atoms with Crippen LogP contribution in [0.4, 0.5) is 5.95 Å². The standard InChI is InChI=1S/C21H29N9O4S/c1-2-9-35(33,34)29-15-7-5-13(6-8-15)23-19-26-17-12(10-16-18(31)27-21(32)25-16)11-22-30(17)20(28-19)24-14-3-4-14/h10-11,13-15,29,31H,2-9H2,1H3,(H,23,24,28)(H2,25,27,32)/b12-10-. The van der Waals surface area contributed by atoms with E-state index in [0.29, 0.717) is 28.9 Å². The Morgan fingerprint density at radius 3 is 2.57 bits per heavy atom. The van der Waals surface area contributed by atoms with Gasteiger partial charge in [0.2, 0.25) is 21.9 Å². The van der Waals surface area contributed by atoms with Crippen molar-refractivity contribution in [2.24, 2.45) is 4.99 Å². The van der Waals surface area contributed by atoms with Gasteiger partial charge in [0.05, 0.1) is 18.0 Å². The molecule has 0 aliphatic heterocycles. The molecule has 3 aromatic rings. The fourth-order valence-corrected chi connectivity index (χ4v) is 5.66. The largest absolute Gasteiger partial charge is 0.493 e. The lowest BCUT2D eigenvalue weighted by Crippen LogP contribution is -2.41. The van der Waals surface area contributed by atoms with Gasteiger partial charge in [-0.3, -0.25) is 4.98 Å². The average molecular weight is 504 g/mol. The van der Waals surface area contributed by atoms with Gasteiger partial charge in [-0.25, -0.2) is 22.9 Å². The SMILES string of the molecule is CCCS(=O)(=O)NC1CCC(Nc2nc(=NC3CC3)n3nc/c(=C/c4[nH]c(=O)[nH]c4O)c3n2)CC1. The molecule has 5 N–H and O–H groups in total. The number of aromatic amines is 2. The Labute approximate surface area is 200 Å². The molecular weight excluding hydrogens is 474 g/mol. The number of aromatic nitrogens is 6. The molecule has 188 valence electrons. The lowest BCUT2D eigenvalue weighted by atomic mass is 9.92. The molecule has 35 heavy (non-hydrogen) atoms. The summed E-state index contributed by atoms with van der Waals surface area (Å²) in [6, 6.07) is 0.258. The second kappa shape index (κ2) is 9.41. The first-order valence-corrected chi connectivity index (χ1v) is 13.5. The highest BCUT2D eigenvalue weighted by atomic mass is 32.2. The Hall–Kier alpha value is -3.26. The van der Waals surface area contributed by atoms with E-state index in [1.54, 1.807) is 16.8 Å². The van der Waals surface area contributed by atoms with Gasteiger partial charge in [0.15, 0.2) is 5.65 Å². The first-order valence-electron chi connectivity index (χ1n) is 11.9. The summed E-state index contributed by atoms with van der Waals surface area (Å²) in [4.78, 5) is 30.2. The summed E-state index contributed by atoms with van der Waals surface area (Å²) < 4.78 is 28.5. The van der Waals surface area contributed by atoms with Crippen molar-refractivity contribution in [1.82, 2.24) is 34.3 Å². The third-order valence-electron chi connectivity index (χ3n) is 6.14. The van der Waals surface area contributed by atoms with E-state index in [2.05, 4.69) is 40.1 Å². The minimum Gasteiger partial charge on any atom is -0.493 e. The van der Waals surface area contributed by atoms with Gasteiger partial charge < -0.3 is 15.4 Å². The molecular formula is C21H29N9O4S. The van der Waals surface area contributed by atoms with E-state index in [1.165, 1.54) is 0 Å². The smallest absolute Gasteiger partial charge is 0.326 e. The van der Waals surface area contributed by atoms with Crippen molar-refractivity contribution >= 4 is 27.7 Å². The van der Waals surface area contributed by atoms with Gasteiger partial charge in [-0.1, -0.05) is 6.92 Å². The molecule has 0 amide bonds. The van der Waals surface area contributed by atoms with E-state index in [9.17, 15) is 18.3 Å². The summed E-state index contributed by atoms with van der Waals surface area (Å²) in [5.41, 5.74) is 0.638. The van der Waals surface area contributed by atoms with Crippen molar-refractivity contribution in [3.05, 3.63) is 33.2 Å². The lowest BCUT2D eigenvalue weighted by Gasteiger charge is -2.29. The second-order valence-electron chi connectivity index (χ2n) is 9.16. The Balaban J connectivity index is 1.40. The zero-order valence-corrected chi connectivity index (χ0v) is 20.2. The van der Waals surface area contributed by atoms with Crippen molar-refractivity contribution in [3.8, 4) is 5.88 Å². The van der Waals surface area contributed by atoms with Crippen LogP contribution in [0.2, 0.25) is 0 Å². The van der Waals surface area contributed by atoms with E-state index in [1.807, 2.05) is 6.92 Å². The highest BCUT2D eigenvalue weighted by molar-refractivity contribution is 7.89. The molecule has 3 heterocycles. The van der Waals surface area contributed by atoms with Crippen LogP contribution in [-0.4, -0.2) is 67.0 Å². The highest BCUT2D eigenvalue weighted by Crippen LogP contribution is 2.23. The number of nitrogens with zero attached hydrogens (tertiary/aromatic N) is 5. The van der Waals surface area contributed by atoms with Crippen molar-refractivity contribution in [2.75, 3.05) is 11.1 Å². The number of sulfonamides is 1. The van der Waals surface area contributed by atoms with Crippen LogP contribution >= 0.6 is 0 Å². The number of nitrogens with one attached hydrogen (secondary N) is 4. The third kappa shape index (κ3) is 5.53. The molecule has 0 atom stereocenters. The van der Waals surface area contributed by atoms with Crippen molar-refractivity contribution in [3.63, 3.8) is 0 Å². The summed E-state index contributed by atoms with van der Waals surface area (Å²) in [5.74, 6) is 0.288. The van der Waals surface area contributed by atoms with Crippen LogP contribution in [0.3, 0.4) is 0 Å². The Morgan fingerprint density at radius 1 is 1.17 bits per heavy atom. The molecule has 0 radical (unpaired) electrons. The number of anilines is 1. The highest BCUT2D eigenvalue weighted by Gasteiger charge is 2.25. The minimum absolute atomic E-state index is 0.0550. The van der Waals surface area contributed by atoms with Gasteiger partial charge in [0, 0.05) is 17.3 Å². The molecule has 2 saturated carbocycles. The number of rotatable bonds is 8. The van der Waals surface area contributed by atoms with E-state index in [-0.39, 0.29) is 35.5 Å². The van der Waals surface area contributed by atoms with Gasteiger partial charge in [0.1, 0.15) is 5.69 Å². The Morgan fingerprint density at radius 2 is 1.91 bits per heavy atom. The van der Waals surface area contributed by atoms with Crippen molar-refractivity contribution in [2.45, 2.75) is 70.0 Å². The molecule has 0 aromatic carbocycles. The summed E-state index contributed by atoms with van der Waals surface area (Å²) in [7, 11) is -3.23. The van der Waals surface area contributed by atoms with Crippen LogP contribution < -0.4 is 26.6 Å². The number of fused-ring (bicyclic) bond motifs is 1. The first kappa shape index (κ1) is 23.5. The second-order valence-corrected chi connectivity index (χ2v) is 11.0. The zero-order valence-electron chi connectivity index (χ0n) is 19.4. The topological polar surface area (TPSA) is 183 Å². The molecule has 0 unspecified atom stereocenters. The molecule has 0 spiro atoms. The van der Waals surface area contributed by atoms with Crippen LogP contribution in [0.5, 0.6) is 5.88 Å². The minimum atomic E-state index is -3.23. The maximum absolute atomic E-state index is 12.1. The number of aromatic hydroxyl groups is 1. The lowest BCUT2D eigenvalue weighted by molar-refractivity contribution is 0.386. The van der Waals surface area contributed by atoms with E-state index in [0.717, 1.165) is 38.5 Å². The van der Waals surface area contributed by atoms with Gasteiger partial charge in [0.25, 0.3) is 5.62 Å². The predicted molar refractivity (Wildman–Crippen MR) is 128 cm³/mol. The Kier molecular flexibility index (Phi) is 6.32. The third-order valence-corrected chi connectivity index (χ3v) is 7.78. The molecule has 2 fully saturated rings. The quantitative estimate of drug-likeness (QED) is 0.273. The van der Waals surface area contributed by atoms with E-state index in [4.69, 9.17) is 0 Å². The molecule has 5 rings (SSSR count). The van der Waals surface area contributed by atoms with Gasteiger partial charge in [-0.05, 0) is 51.0 Å². The number of H-pyrrole nitrogens is 2. The molecule has 0 saturated heterocycles. The van der Waals surface area contributed by atoms with E-state index >= 15 is 0 Å². The normalized spacial score (nSPS) is 22.2. The van der Waals surface area contributed by atoms with Crippen molar-refractivity contribution in [1.29, 1.82) is 0 Å². The number of imidazole rings is 1. The fourth-order valence-electron chi connectivity index (χ4n) is 4.26. The number of hydrogen-bond donors (Lipinski definition) is 5. The molecule has 2 aliphatic rings. The number of hydrogen-bond acceptors (Lipinski definition) is 9. The molecule has 14 heteroatoms. The van der Waals surface area contributed by atoms with Gasteiger partial charge in [-0.2, -0.15) is 19.6 Å². The van der Waals surface area contributed by atoms with Crippen LogP contribution in [0.15, 0.2) is 16.0 Å². The van der Waals surface area contributed by atoms with Crippen LogP contribution in [0.25, 0.3) is 11.7 Å². The monoisotopic (exact) mass is 503 g/mol. The molecule has 13 nitrogen and oxygen atoms in total. The molecule has 3 aromatic heterocycles. The fraction of sp³-hybridized carbons (Fsp3) is 0.571. The van der Waals surface area contributed by atoms with E-state index < -0.39 is 15.7 Å². The van der Waals surface area contributed by atoms with Crippen LogP contribution in [0.1, 0.15) is 57.6 Å². The van der Waals surface area contributed by atoms with Gasteiger partial charge >= 0.3 is 5.69 Å². The predicted octanol–water partition coefficient (Wildman–Crippen LogP) is -0.490. The van der Waals surface area contributed by atoms with Gasteiger partial charge in [-0.15, -0.1) is 0 Å². The van der Waals surface area contributed by atoms with Crippen LogP contribution in [0, 0.1) is 0 Å². The first-order chi connectivity index (χ1) is 16.8. The Bertz CT molecular complexity index is 1500. The molecule has 2 aliphatic carbocycles. The molecule has 0 bridgehead atoms.